The second-order valence-electron chi connectivity index (χ2n) is 8.31. The molecule has 0 spiro atoms. The van der Waals surface area contributed by atoms with Crippen LogP contribution in [0.1, 0.15) is 22.4 Å². The molecule has 5 rings (SSSR count). The number of ether oxygens (including phenoxy) is 1. The second-order valence-corrected chi connectivity index (χ2v) is 10.2. The van der Waals surface area contributed by atoms with E-state index in [0.717, 1.165) is 17.7 Å². The number of nitriles is 1. The fraction of sp³-hybridized carbons (Fsp3) is 0.208. The van der Waals surface area contributed by atoms with Crippen molar-refractivity contribution in [3.63, 3.8) is 0 Å². The van der Waals surface area contributed by atoms with E-state index in [4.69, 9.17) is 4.74 Å². The zero-order chi connectivity index (χ0) is 26.5. The van der Waals surface area contributed by atoms with Crippen molar-refractivity contribution < 1.29 is 30.7 Å². The Bertz CT molecular complexity index is 1710. The highest BCUT2D eigenvalue weighted by atomic mass is 32.2. The molecule has 0 fully saturated rings. The average Bonchev–Trinajstić information content (AvgIpc) is 3.50. The molecule has 0 amide bonds. The molecule has 0 bridgehead atoms. The van der Waals surface area contributed by atoms with Crippen LogP contribution >= 0.6 is 0 Å². The maximum Gasteiger partial charge on any atom is 0.501 e. The van der Waals surface area contributed by atoms with Gasteiger partial charge >= 0.3 is 5.51 Å². The lowest BCUT2D eigenvalue weighted by atomic mass is 10.0. The molecule has 37 heavy (non-hydrogen) atoms. The maximum absolute atomic E-state index is 14.5. The fourth-order valence-corrected chi connectivity index (χ4v) is 5.11. The van der Waals surface area contributed by atoms with Crippen LogP contribution in [0.2, 0.25) is 0 Å². The summed E-state index contributed by atoms with van der Waals surface area (Å²) in [7, 11) is -5.52. The van der Waals surface area contributed by atoms with Gasteiger partial charge in [-0.05, 0) is 42.3 Å². The number of imidazole rings is 1. The summed E-state index contributed by atoms with van der Waals surface area (Å²) < 4.78 is 84.1. The third kappa shape index (κ3) is 4.13. The summed E-state index contributed by atoms with van der Waals surface area (Å²) in [6, 6.07) is 7.86. The van der Waals surface area contributed by atoms with Crippen molar-refractivity contribution in [2.24, 2.45) is 0 Å². The lowest BCUT2D eigenvalue weighted by Gasteiger charge is -2.14. The van der Waals surface area contributed by atoms with E-state index in [1.165, 1.54) is 35.9 Å². The first-order valence-corrected chi connectivity index (χ1v) is 12.4. The number of hydrogen-bond donors (Lipinski definition) is 1. The van der Waals surface area contributed by atoms with E-state index in [0.29, 0.717) is 35.5 Å². The molecule has 0 unspecified atom stereocenters. The molecular weight excluding hydrogens is 514 g/mol. The summed E-state index contributed by atoms with van der Waals surface area (Å²) in [6.45, 7) is 1.99. The van der Waals surface area contributed by atoms with E-state index in [9.17, 15) is 31.2 Å². The third-order valence-electron chi connectivity index (χ3n) is 6.07. The minimum Gasteiger partial charge on any atom is -0.493 e. The number of anilines is 1. The second kappa shape index (κ2) is 8.74. The van der Waals surface area contributed by atoms with E-state index in [2.05, 4.69) is 15.3 Å². The number of rotatable bonds is 5. The van der Waals surface area contributed by atoms with Crippen molar-refractivity contribution in [2.45, 2.75) is 30.3 Å². The largest absolute Gasteiger partial charge is 0.501 e. The molecule has 1 aliphatic heterocycles. The van der Waals surface area contributed by atoms with Gasteiger partial charge in [0, 0.05) is 35.9 Å². The van der Waals surface area contributed by atoms with Crippen molar-refractivity contribution in [3.05, 3.63) is 70.9 Å². The van der Waals surface area contributed by atoms with Gasteiger partial charge in [0.25, 0.3) is 9.84 Å². The molecule has 4 aromatic rings. The van der Waals surface area contributed by atoms with E-state index in [1.807, 2.05) is 6.07 Å². The van der Waals surface area contributed by atoms with Crippen LogP contribution in [0.15, 0.2) is 47.6 Å². The molecule has 1 aliphatic rings. The Hall–Kier alpha value is -4.18. The molecule has 0 saturated heterocycles. The Balaban J connectivity index is 1.55. The smallest absolute Gasteiger partial charge is 0.493 e. The molecule has 8 nitrogen and oxygen atoms in total. The highest BCUT2D eigenvalue weighted by Gasteiger charge is 2.47. The number of benzene rings is 2. The van der Waals surface area contributed by atoms with Gasteiger partial charge in [-0.1, -0.05) is 6.07 Å². The Morgan fingerprint density at radius 3 is 2.70 bits per heavy atom. The van der Waals surface area contributed by atoms with Gasteiger partial charge in [0.05, 0.1) is 17.7 Å². The molecule has 3 heterocycles. The molecule has 190 valence electrons. The monoisotopic (exact) mass is 531 g/mol. The lowest BCUT2D eigenvalue weighted by molar-refractivity contribution is -0.0436. The predicted molar refractivity (Wildman–Crippen MR) is 124 cm³/mol. The van der Waals surface area contributed by atoms with Crippen LogP contribution < -0.4 is 10.1 Å². The number of aromatic nitrogens is 3. The fourth-order valence-electron chi connectivity index (χ4n) is 4.26. The quantitative estimate of drug-likeness (QED) is 0.376. The van der Waals surface area contributed by atoms with Crippen LogP contribution in [0.25, 0.3) is 16.8 Å². The molecule has 0 atom stereocenters. The van der Waals surface area contributed by atoms with Crippen molar-refractivity contribution >= 4 is 21.4 Å². The number of nitrogens with one attached hydrogen (secondary N) is 1. The minimum atomic E-state index is -5.52. The summed E-state index contributed by atoms with van der Waals surface area (Å²) >= 11 is 0. The first-order valence-electron chi connectivity index (χ1n) is 10.9. The molecular formula is C24H17F4N5O3S. The predicted octanol–water partition coefficient (Wildman–Crippen LogP) is 4.56. The Morgan fingerprint density at radius 2 is 2.00 bits per heavy atom. The van der Waals surface area contributed by atoms with E-state index < -0.39 is 26.1 Å². The highest BCUT2D eigenvalue weighted by Crippen LogP contribution is 2.35. The SMILES string of the molecule is Cc1cc(S(=O)(=O)C(F)(F)F)ccc1-c1cnc(NCc2c(F)ccc3c2CCO3)n2cc(C#N)nc12. The minimum absolute atomic E-state index is 0.0476. The summed E-state index contributed by atoms with van der Waals surface area (Å²) in [4.78, 5) is 7.77. The summed E-state index contributed by atoms with van der Waals surface area (Å²) in [5, 5.41) is 12.4. The highest BCUT2D eigenvalue weighted by molar-refractivity contribution is 7.92. The van der Waals surface area contributed by atoms with Gasteiger partial charge in [0.15, 0.2) is 11.3 Å². The van der Waals surface area contributed by atoms with Gasteiger partial charge in [-0.3, -0.25) is 4.40 Å². The van der Waals surface area contributed by atoms with E-state index >= 15 is 0 Å². The Labute approximate surface area is 208 Å². The number of sulfone groups is 1. The number of alkyl halides is 3. The van der Waals surface area contributed by atoms with Crippen molar-refractivity contribution in [2.75, 3.05) is 11.9 Å². The van der Waals surface area contributed by atoms with Crippen LogP contribution in [-0.4, -0.2) is 34.9 Å². The van der Waals surface area contributed by atoms with Gasteiger partial charge in [-0.2, -0.15) is 18.4 Å². The van der Waals surface area contributed by atoms with Gasteiger partial charge < -0.3 is 10.1 Å². The van der Waals surface area contributed by atoms with Crippen LogP contribution in [0.4, 0.5) is 23.5 Å². The molecule has 0 aliphatic carbocycles. The van der Waals surface area contributed by atoms with Crippen molar-refractivity contribution in [1.29, 1.82) is 5.26 Å². The first kappa shape index (κ1) is 24.5. The van der Waals surface area contributed by atoms with Crippen molar-refractivity contribution in [3.8, 4) is 22.9 Å². The number of fused-ring (bicyclic) bond motifs is 2. The van der Waals surface area contributed by atoms with Gasteiger partial charge in [-0.15, -0.1) is 0 Å². The molecule has 2 aromatic heterocycles. The topological polar surface area (TPSA) is 109 Å². The van der Waals surface area contributed by atoms with Crippen LogP contribution in [0.5, 0.6) is 5.75 Å². The summed E-state index contributed by atoms with van der Waals surface area (Å²) in [6.07, 6.45) is 3.39. The molecule has 0 saturated carbocycles. The van der Waals surface area contributed by atoms with Crippen LogP contribution in [-0.2, 0) is 22.8 Å². The van der Waals surface area contributed by atoms with E-state index in [1.54, 1.807) is 6.07 Å². The Kier molecular flexibility index (Phi) is 5.79. The van der Waals surface area contributed by atoms with Gasteiger partial charge in [-0.25, -0.2) is 22.8 Å². The first-order chi connectivity index (χ1) is 17.5. The number of aryl methyl sites for hydroxylation is 1. The number of hydrogen-bond acceptors (Lipinski definition) is 7. The number of nitrogens with zero attached hydrogens (tertiary/aromatic N) is 4. The maximum atomic E-state index is 14.5. The number of halogens is 4. The van der Waals surface area contributed by atoms with Crippen LogP contribution in [0.3, 0.4) is 0 Å². The molecule has 1 N–H and O–H groups in total. The van der Waals surface area contributed by atoms with Gasteiger partial charge in [0.2, 0.25) is 5.95 Å². The van der Waals surface area contributed by atoms with Crippen molar-refractivity contribution in [1.82, 2.24) is 14.4 Å². The standard InChI is InChI=1S/C24H17F4N5O3S/c1-13-8-15(37(34,35)24(26,27)28)2-3-16(13)19-11-31-23(33-12-14(9-29)32-22(19)33)30-10-18-17-6-7-36-21(17)5-4-20(18)25/h2-5,8,11-12H,6-7,10H2,1H3,(H,30,31). The molecule has 13 heteroatoms. The van der Waals surface area contributed by atoms with E-state index in [-0.39, 0.29) is 29.4 Å². The zero-order valence-corrected chi connectivity index (χ0v) is 19.9. The van der Waals surface area contributed by atoms with Crippen LogP contribution in [0, 0.1) is 24.1 Å². The molecule has 0 radical (unpaired) electrons. The van der Waals surface area contributed by atoms with Gasteiger partial charge in [0.1, 0.15) is 17.6 Å². The Morgan fingerprint density at radius 1 is 1.22 bits per heavy atom. The summed E-state index contributed by atoms with van der Waals surface area (Å²) in [5.41, 5.74) is -2.97. The zero-order valence-electron chi connectivity index (χ0n) is 19.1. The summed E-state index contributed by atoms with van der Waals surface area (Å²) in [5.74, 6) is 0.461. The lowest BCUT2D eigenvalue weighted by Crippen LogP contribution is -2.23. The molecule has 2 aromatic carbocycles. The normalized spacial score (nSPS) is 13.3. The average molecular weight is 531 g/mol. The third-order valence-corrected chi connectivity index (χ3v) is 7.56.